The monoisotopic (exact) mass is 419 g/mol. The third-order valence-corrected chi connectivity index (χ3v) is 7.22. The van der Waals surface area contributed by atoms with Crippen LogP contribution in [-0.4, -0.2) is 60.5 Å². The topological polar surface area (TPSA) is 75.9 Å². The molecule has 6 nitrogen and oxygen atoms in total. The van der Waals surface area contributed by atoms with E-state index in [4.69, 9.17) is 10.5 Å². The molecule has 2 aromatic rings. The third kappa shape index (κ3) is 3.64. The molecule has 0 aromatic heterocycles. The summed E-state index contributed by atoms with van der Waals surface area (Å²) in [6.45, 7) is 4.17. The number of ether oxygens (including phenoxy) is 1. The lowest BCUT2D eigenvalue weighted by Gasteiger charge is -2.50. The standard InChI is InChI=1S/C25H29N3O3/c26-14-18-6-8-20(9-7-18)23(29)28-16-25(17-28,21-4-2-1-3-5-21)24(30)31-22-15-27-12-10-19(22)11-13-27/h1-9,19,22H,10-17,26H2. The summed E-state index contributed by atoms with van der Waals surface area (Å²) in [4.78, 5) is 30.6. The molecule has 0 radical (unpaired) electrons. The Hall–Kier alpha value is -2.70. The number of hydrogen-bond acceptors (Lipinski definition) is 5. The summed E-state index contributed by atoms with van der Waals surface area (Å²) < 4.78 is 6.12. The van der Waals surface area contributed by atoms with E-state index in [0.29, 0.717) is 31.1 Å². The first-order valence-corrected chi connectivity index (χ1v) is 11.2. The van der Waals surface area contributed by atoms with E-state index in [1.807, 2.05) is 42.5 Å². The van der Waals surface area contributed by atoms with Crippen LogP contribution in [0.15, 0.2) is 54.6 Å². The molecule has 0 saturated carbocycles. The van der Waals surface area contributed by atoms with Gasteiger partial charge in [0.1, 0.15) is 11.5 Å². The fraction of sp³-hybridized carbons (Fsp3) is 0.440. The Bertz CT molecular complexity index is 946. The molecule has 4 aliphatic rings. The number of likely N-dealkylation sites (tertiary alicyclic amines) is 1. The zero-order valence-electron chi connectivity index (χ0n) is 17.7. The SMILES string of the molecule is NCc1ccc(C(=O)N2CC(C(=O)OC3CN4CCC3CC4)(c3ccccc3)C2)cc1. The van der Waals surface area contributed by atoms with Gasteiger partial charge in [-0.1, -0.05) is 42.5 Å². The maximum absolute atomic E-state index is 13.5. The van der Waals surface area contributed by atoms with Crippen LogP contribution in [0, 0.1) is 5.92 Å². The first kappa shape index (κ1) is 20.2. The van der Waals surface area contributed by atoms with Crippen LogP contribution in [0.25, 0.3) is 0 Å². The number of esters is 1. The van der Waals surface area contributed by atoms with Crippen molar-refractivity contribution in [1.82, 2.24) is 9.80 Å². The number of fused-ring (bicyclic) bond motifs is 3. The van der Waals surface area contributed by atoms with Crippen molar-refractivity contribution < 1.29 is 14.3 Å². The molecular formula is C25H29N3O3. The van der Waals surface area contributed by atoms with Crippen LogP contribution < -0.4 is 5.73 Å². The lowest BCUT2D eigenvalue weighted by molar-refractivity contribution is -0.171. The van der Waals surface area contributed by atoms with Crippen molar-refractivity contribution >= 4 is 11.9 Å². The summed E-state index contributed by atoms with van der Waals surface area (Å²) in [7, 11) is 0. The first-order chi connectivity index (χ1) is 15.1. The average Bonchev–Trinajstić information content (AvgIpc) is 2.80. The molecule has 0 spiro atoms. The highest BCUT2D eigenvalue weighted by molar-refractivity contribution is 5.97. The molecule has 162 valence electrons. The fourth-order valence-electron chi connectivity index (χ4n) is 5.20. The average molecular weight is 420 g/mol. The van der Waals surface area contributed by atoms with Gasteiger partial charge in [0.25, 0.3) is 5.91 Å². The van der Waals surface area contributed by atoms with Gasteiger partial charge in [-0.15, -0.1) is 0 Å². The number of benzene rings is 2. The van der Waals surface area contributed by atoms with Gasteiger partial charge in [0.15, 0.2) is 0 Å². The minimum absolute atomic E-state index is 0.0378. The van der Waals surface area contributed by atoms with E-state index >= 15 is 0 Å². The molecule has 0 aliphatic carbocycles. The molecule has 1 amide bonds. The van der Waals surface area contributed by atoms with Crippen molar-refractivity contribution in [2.45, 2.75) is 30.9 Å². The number of hydrogen-bond donors (Lipinski definition) is 1. The van der Waals surface area contributed by atoms with Crippen LogP contribution in [0.2, 0.25) is 0 Å². The van der Waals surface area contributed by atoms with Gasteiger partial charge >= 0.3 is 5.97 Å². The number of nitrogens with two attached hydrogens (primary N) is 1. The van der Waals surface area contributed by atoms with Gasteiger partial charge in [-0.2, -0.15) is 0 Å². The maximum Gasteiger partial charge on any atom is 0.320 e. The second kappa shape index (κ2) is 8.09. The highest BCUT2D eigenvalue weighted by atomic mass is 16.5. The molecule has 4 fully saturated rings. The highest BCUT2D eigenvalue weighted by Crippen LogP contribution is 2.39. The molecule has 2 bridgehead atoms. The predicted molar refractivity (Wildman–Crippen MR) is 117 cm³/mol. The summed E-state index contributed by atoms with van der Waals surface area (Å²) in [6.07, 6.45) is 2.16. The number of rotatable bonds is 5. The molecule has 4 heterocycles. The van der Waals surface area contributed by atoms with Crippen molar-refractivity contribution in [3.63, 3.8) is 0 Å². The lowest BCUT2D eigenvalue weighted by Crippen LogP contribution is -2.66. The second-order valence-corrected chi connectivity index (χ2v) is 9.09. The Labute approximate surface area is 183 Å². The Morgan fingerprint density at radius 2 is 1.68 bits per heavy atom. The normalized spacial score (nSPS) is 26.2. The number of carbonyl (C=O) groups excluding carboxylic acids is 2. The zero-order chi connectivity index (χ0) is 21.4. The van der Waals surface area contributed by atoms with Gasteiger partial charge < -0.3 is 15.4 Å². The maximum atomic E-state index is 13.5. The molecule has 1 unspecified atom stereocenters. The number of carbonyl (C=O) groups is 2. The minimum atomic E-state index is -0.792. The predicted octanol–water partition coefficient (Wildman–Crippen LogP) is 2.18. The van der Waals surface area contributed by atoms with Crippen LogP contribution in [-0.2, 0) is 21.5 Å². The van der Waals surface area contributed by atoms with Gasteiger partial charge in [0.2, 0.25) is 0 Å². The summed E-state index contributed by atoms with van der Waals surface area (Å²) in [5.74, 6) is 0.200. The van der Waals surface area contributed by atoms with Gasteiger partial charge in [-0.25, -0.2) is 0 Å². The van der Waals surface area contributed by atoms with E-state index in [1.165, 1.54) is 0 Å². The molecule has 4 saturated heterocycles. The van der Waals surface area contributed by atoms with Crippen molar-refractivity contribution in [2.75, 3.05) is 32.7 Å². The van der Waals surface area contributed by atoms with E-state index in [0.717, 1.165) is 43.6 Å². The summed E-state index contributed by atoms with van der Waals surface area (Å²) in [5.41, 5.74) is 7.39. The van der Waals surface area contributed by atoms with E-state index < -0.39 is 5.41 Å². The highest BCUT2D eigenvalue weighted by Gasteiger charge is 2.54. The van der Waals surface area contributed by atoms with Crippen LogP contribution in [0.4, 0.5) is 0 Å². The third-order valence-electron chi connectivity index (χ3n) is 7.22. The van der Waals surface area contributed by atoms with Crippen molar-refractivity contribution in [3.05, 3.63) is 71.3 Å². The quantitative estimate of drug-likeness (QED) is 0.752. The zero-order valence-corrected chi connectivity index (χ0v) is 17.7. The minimum Gasteiger partial charge on any atom is -0.460 e. The Morgan fingerprint density at radius 3 is 2.26 bits per heavy atom. The molecule has 6 rings (SSSR count). The molecule has 2 N–H and O–H groups in total. The van der Waals surface area contributed by atoms with Gasteiger partial charge in [0.05, 0.1) is 0 Å². The lowest BCUT2D eigenvalue weighted by atomic mass is 9.73. The summed E-state index contributed by atoms with van der Waals surface area (Å²) in [6, 6.07) is 17.1. The van der Waals surface area contributed by atoms with Crippen LogP contribution >= 0.6 is 0 Å². The number of amides is 1. The fourth-order valence-corrected chi connectivity index (χ4v) is 5.20. The molecule has 2 aromatic carbocycles. The molecule has 31 heavy (non-hydrogen) atoms. The largest absolute Gasteiger partial charge is 0.460 e. The van der Waals surface area contributed by atoms with E-state index in [2.05, 4.69) is 4.90 Å². The molecule has 1 atom stereocenters. The van der Waals surface area contributed by atoms with Crippen molar-refractivity contribution in [3.8, 4) is 0 Å². The van der Waals surface area contributed by atoms with E-state index in [-0.39, 0.29) is 18.0 Å². The van der Waals surface area contributed by atoms with Crippen LogP contribution in [0.1, 0.15) is 34.3 Å². The number of nitrogens with zero attached hydrogens (tertiary/aromatic N) is 2. The van der Waals surface area contributed by atoms with Gasteiger partial charge in [0, 0.05) is 31.7 Å². The van der Waals surface area contributed by atoms with E-state index in [9.17, 15) is 9.59 Å². The smallest absolute Gasteiger partial charge is 0.320 e. The first-order valence-electron chi connectivity index (χ1n) is 11.2. The summed E-state index contributed by atoms with van der Waals surface area (Å²) in [5, 5.41) is 0. The Balaban J connectivity index is 1.34. The van der Waals surface area contributed by atoms with Crippen molar-refractivity contribution in [1.29, 1.82) is 0 Å². The van der Waals surface area contributed by atoms with Gasteiger partial charge in [-0.05, 0) is 55.1 Å². The Kier molecular flexibility index (Phi) is 5.28. The van der Waals surface area contributed by atoms with Crippen LogP contribution in [0.5, 0.6) is 0 Å². The number of piperidine rings is 3. The molecular weight excluding hydrogens is 390 g/mol. The molecule has 6 heteroatoms. The van der Waals surface area contributed by atoms with E-state index in [1.54, 1.807) is 17.0 Å². The van der Waals surface area contributed by atoms with Crippen LogP contribution in [0.3, 0.4) is 0 Å². The van der Waals surface area contributed by atoms with Crippen molar-refractivity contribution in [2.24, 2.45) is 11.7 Å². The molecule has 4 aliphatic heterocycles. The summed E-state index contributed by atoms with van der Waals surface area (Å²) >= 11 is 0. The Morgan fingerprint density at radius 1 is 1.00 bits per heavy atom. The second-order valence-electron chi connectivity index (χ2n) is 9.09. The van der Waals surface area contributed by atoms with Gasteiger partial charge in [-0.3, -0.25) is 14.5 Å².